The van der Waals surface area contributed by atoms with E-state index in [1.165, 1.54) is 0 Å². The van der Waals surface area contributed by atoms with Gasteiger partial charge in [-0.25, -0.2) is 4.79 Å². The Hall–Kier alpha value is -3.45. The molecule has 0 spiro atoms. The second-order valence-corrected chi connectivity index (χ2v) is 12.6. The molecule has 250 valence electrons. The van der Waals surface area contributed by atoms with Crippen molar-refractivity contribution in [2.24, 2.45) is 0 Å². The van der Waals surface area contributed by atoms with Crippen LogP contribution < -0.4 is 21.3 Å². The van der Waals surface area contributed by atoms with Gasteiger partial charge < -0.3 is 35.5 Å². The SMILES string of the molecule is O=C(CCCC[C@@H]1SC[C@H]2NC(=O)N[C@@H]12)NCCCOCCOCCOCCCNC(=O)c1ccc(C(=O)c2ccccc2)cc1. The summed E-state index contributed by atoms with van der Waals surface area (Å²) in [7, 11) is 0. The fourth-order valence-electron chi connectivity index (χ4n) is 5.31. The lowest BCUT2D eigenvalue weighted by atomic mass is 10.0. The van der Waals surface area contributed by atoms with Crippen LogP contribution in [0.2, 0.25) is 0 Å². The van der Waals surface area contributed by atoms with Crippen LogP contribution >= 0.6 is 11.8 Å². The van der Waals surface area contributed by atoms with Crippen LogP contribution in [0.1, 0.15) is 64.8 Å². The number of hydrogen-bond donors (Lipinski definition) is 4. The number of ketones is 1. The summed E-state index contributed by atoms with van der Waals surface area (Å²) >= 11 is 1.90. The molecule has 0 aliphatic carbocycles. The van der Waals surface area contributed by atoms with Gasteiger partial charge in [-0.1, -0.05) is 48.9 Å². The molecule has 0 aromatic heterocycles. The minimum absolute atomic E-state index is 0.0606. The Balaban J connectivity index is 0.882. The molecule has 2 aromatic carbocycles. The third-order valence-corrected chi connectivity index (χ3v) is 9.32. The number of rotatable bonds is 22. The Morgan fingerprint density at radius 3 is 2.02 bits per heavy atom. The average Bonchev–Trinajstić information content (AvgIpc) is 3.63. The number of thioether (sulfide) groups is 1. The maximum Gasteiger partial charge on any atom is 0.315 e. The molecule has 2 aliphatic rings. The summed E-state index contributed by atoms with van der Waals surface area (Å²) in [6.07, 6.45) is 4.80. The minimum atomic E-state index is -0.187. The second kappa shape index (κ2) is 19.9. The number of urea groups is 1. The van der Waals surface area contributed by atoms with Gasteiger partial charge in [0, 0.05) is 60.4 Å². The molecule has 0 radical (unpaired) electrons. The van der Waals surface area contributed by atoms with Crippen molar-refractivity contribution in [3.05, 3.63) is 71.3 Å². The Morgan fingerprint density at radius 2 is 1.33 bits per heavy atom. The Bertz CT molecular complexity index is 1250. The van der Waals surface area contributed by atoms with Crippen LogP contribution in [0.5, 0.6) is 0 Å². The van der Waals surface area contributed by atoms with E-state index in [1.807, 2.05) is 30.0 Å². The smallest absolute Gasteiger partial charge is 0.315 e. The maximum absolute atomic E-state index is 12.5. The van der Waals surface area contributed by atoms with Gasteiger partial charge in [-0.05, 0) is 37.8 Å². The molecule has 0 bridgehead atoms. The van der Waals surface area contributed by atoms with E-state index in [0.29, 0.717) is 87.5 Å². The van der Waals surface area contributed by atoms with Crippen molar-refractivity contribution >= 4 is 35.4 Å². The van der Waals surface area contributed by atoms with E-state index >= 15 is 0 Å². The lowest BCUT2D eigenvalue weighted by Crippen LogP contribution is -2.36. The quantitative estimate of drug-likeness (QED) is 0.0861. The Kier molecular flexibility index (Phi) is 15.3. The highest BCUT2D eigenvalue weighted by Crippen LogP contribution is 2.33. The fraction of sp³-hybridized carbons (Fsp3) is 0.529. The highest BCUT2D eigenvalue weighted by atomic mass is 32.2. The lowest BCUT2D eigenvalue weighted by molar-refractivity contribution is -0.121. The number of amides is 4. The molecule has 4 N–H and O–H groups in total. The van der Waals surface area contributed by atoms with Gasteiger partial charge in [0.15, 0.2) is 5.78 Å². The van der Waals surface area contributed by atoms with Crippen molar-refractivity contribution in [3.63, 3.8) is 0 Å². The number of carbonyl (C=O) groups is 4. The zero-order valence-corrected chi connectivity index (χ0v) is 27.1. The molecule has 2 saturated heterocycles. The highest BCUT2D eigenvalue weighted by Gasteiger charge is 2.42. The van der Waals surface area contributed by atoms with Gasteiger partial charge in [0.25, 0.3) is 5.91 Å². The van der Waals surface area contributed by atoms with Gasteiger partial charge in [-0.3, -0.25) is 14.4 Å². The molecule has 12 heteroatoms. The normalized spacial score (nSPS) is 18.4. The van der Waals surface area contributed by atoms with Crippen LogP contribution in [0.4, 0.5) is 4.79 Å². The van der Waals surface area contributed by atoms with Gasteiger partial charge in [-0.2, -0.15) is 11.8 Å². The standard InChI is InChI=1S/C34H46N4O7S/c39-30(11-5-4-10-29-31-28(24-46-29)37-34(42)38-31)35-16-6-18-43-20-22-45-23-21-44-19-7-17-36-33(41)27-14-12-26(13-15-27)32(40)25-8-2-1-3-9-25/h1-3,8-9,12-15,28-29,31H,4-7,10-11,16-24H2,(H,35,39)(H,36,41)(H2,37,38,42)/t28-,29+,31-/m1/s1. The molecule has 0 unspecified atom stereocenters. The van der Waals surface area contributed by atoms with Crippen molar-refractivity contribution < 1.29 is 33.4 Å². The number of ether oxygens (including phenoxy) is 3. The number of unbranched alkanes of at least 4 members (excludes halogenated alkanes) is 1. The monoisotopic (exact) mass is 654 g/mol. The van der Waals surface area contributed by atoms with Crippen LogP contribution in [0, 0.1) is 0 Å². The molecule has 2 heterocycles. The molecule has 4 amide bonds. The number of hydrogen-bond acceptors (Lipinski definition) is 8. The predicted octanol–water partition coefficient (Wildman–Crippen LogP) is 3.32. The first-order chi connectivity index (χ1) is 22.5. The zero-order valence-electron chi connectivity index (χ0n) is 26.3. The van der Waals surface area contributed by atoms with E-state index < -0.39 is 0 Å². The summed E-state index contributed by atoms with van der Waals surface area (Å²) < 4.78 is 16.6. The number of benzene rings is 2. The summed E-state index contributed by atoms with van der Waals surface area (Å²) in [4.78, 5) is 48.4. The first-order valence-electron chi connectivity index (χ1n) is 16.2. The summed E-state index contributed by atoms with van der Waals surface area (Å²) in [5.41, 5.74) is 1.66. The summed E-state index contributed by atoms with van der Waals surface area (Å²) in [5, 5.41) is 12.2. The van der Waals surface area contributed by atoms with Crippen LogP contribution in [0.3, 0.4) is 0 Å². The largest absolute Gasteiger partial charge is 0.379 e. The minimum Gasteiger partial charge on any atom is -0.379 e. The van der Waals surface area contributed by atoms with Crippen molar-refractivity contribution in [1.82, 2.24) is 21.3 Å². The van der Waals surface area contributed by atoms with Gasteiger partial charge in [0.2, 0.25) is 5.91 Å². The fourth-order valence-corrected chi connectivity index (χ4v) is 6.86. The molecular formula is C34H46N4O7S. The average molecular weight is 655 g/mol. The first kappa shape index (κ1) is 35.4. The lowest BCUT2D eigenvalue weighted by Gasteiger charge is -2.16. The zero-order chi connectivity index (χ0) is 32.4. The van der Waals surface area contributed by atoms with Gasteiger partial charge >= 0.3 is 6.03 Å². The third kappa shape index (κ3) is 12.1. The van der Waals surface area contributed by atoms with E-state index in [0.717, 1.165) is 31.4 Å². The topological polar surface area (TPSA) is 144 Å². The molecular weight excluding hydrogens is 608 g/mol. The third-order valence-electron chi connectivity index (χ3n) is 7.81. The van der Waals surface area contributed by atoms with Crippen molar-refractivity contribution in [2.75, 3.05) is 58.5 Å². The molecule has 0 saturated carbocycles. The van der Waals surface area contributed by atoms with E-state index in [9.17, 15) is 19.2 Å². The molecule has 2 aromatic rings. The number of fused-ring (bicyclic) bond motifs is 1. The summed E-state index contributed by atoms with van der Waals surface area (Å²) in [5.74, 6) is 0.770. The van der Waals surface area contributed by atoms with Crippen LogP contribution in [-0.4, -0.2) is 99.4 Å². The second-order valence-electron chi connectivity index (χ2n) is 11.3. The maximum atomic E-state index is 12.5. The van der Waals surface area contributed by atoms with E-state index in [4.69, 9.17) is 14.2 Å². The molecule has 2 fully saturated rings. The van der Waals surface area contributed by atoms with E-state index in [2.05, 4.69) is 21.3 Å². The molecule has 11 nitrogen and oxygen atoms in total. The molecule has 2 aliphatic heterocycles. The summed E-state index contributed by atoms with van der Waals surface area (Å²) in [6.45, 7) is 4.03. The molecule has 3 atom stereocenters. The molecule has 4 rings (SSSR count). The Labute approximate surface area is 275 Å². The van der Waals surface area contributed by atoms with Crippen LogP contribution in [0.25, 0.3) is 0 Å². The van der Waals surface area contributed by atoms with Crippen molar-refractivity contribution in [2.45, 2.75) is 55.9 Å². The number of nitrogens with one attached hydrogen (secondary N) is 4. The van der Waals surface area contributed by atoms with Crippen molar-refractivity contribution in [3.8, 4) is 0 Å². The first-order valence-corrected chi connectivity index (χ1v) is 17.2. The van der Waals surface area contributed by atoms with Crippen molar-refractivity contribution in [1.29, 1.82) is 0 Å². The van der Waals surface area contributed by atoms with Gasteiger partial charge in [-0.15, -0.1) is 0 Å². The van der Waals surface area contributed by atoms with Crippen LogP contribution in [-0.2, 0) is 19.0 Å². The number of carbonyl (C=O) groups excluding carboxylic acids is 4. The van der Waals surface area contributed by atoms with E-state index in [-0.39, 0.29) is 35.7 Å². The highest BCUT2D eigenvalue weighted by molar-refractivity contribution is 8.00. The predicted molar refractivity (Wildman–Crippen MR) is 177 cm³/mol. The van der Waals surface area contributed by atoms with Crippen LogP contribution in [0.15, 0.2) is 54.6 Å². The molecule has 46 heavy (non-hydrogen) atoms. The van der Waals surface area contributed by atoms with E-state index in [1.54, 1.807) is 36.4 Å². The van der Waals surface area contributed by atoms with Gasteiger partial charge in [0.05, 0.1) is 38.5 Å². The summed E-state index contributed by atoms with van der Waals surface area (Å²) in [6, 6.07) is 16.1. The van der Waals surface area contributed by atoms with Gasteiger partial charge in [0.1, 0.15) is 0 Å². The Morgan fingerprint density at radius 1 is 0.717 bits per heavy atom.